The van der Waals surface area contributed by atoms with E-state index in [0.717, 1.165) is 35.5 Å². The normalized spacial score (nSPS) is 34.0. The first-order valence-corrected chi connectivity index (χ1v) is 13.7. The monoisotopic (exact) mass is 424 g/mol. The van der Waals surface area contributed by atoms with Gasteiger partial charge in [-0.1, -0.05) is 118 Å². The molecule has 32 heavy (non-hydrogen) atoms. The first-order valence-electron chi connectivity index (χ1n) is 13.7. The van der Waals surface area contributed by atoms with E-state index in [4.69, 9.17) is 0 Å². The number of benzene rings is 2. The molecule has 0 spiro atoms. The highest BCUT2D eigenvalue weighted by atomic mass is 14.5. The zero-order chi connectivity index (χ0) is 21.3. The number of hydrogen-bond donors (Lipinski definition) is 0. The average Bonchev–Trinajstić information content (AvgIpc) is 3.47. The van der Waals surface area contributed by atoms with Gasteiger partial charge in [-0.15, -0.1) is 0 Å². The van der Waals surface area contributed by atoms with E-state index < -0.39 is 0 Å². The Morgan fingerprint density at radius 1 is 0.469 bits per heavy atom. The minimum Gasteiger partial charge on any atom is -0.0622 e. The van der Waals surface area contributed by atoms with Crippen molar-refractivity contribution < 1.29 is 0 Å². The molecule has 6 rings (SSSR count). The van der Waals surface area contributed by atoms with Crippen LogP contribution in [-0.4, -0.2) is 0 Å². The zero-order valence-corrected chi connectivity index (χ0v) is 19.7. The van der Waals surface area contributed by atoms with E-state index in [1.165, 1.54) is 88.2 Å². The molecule has 4 aliphatic rings. The molecule has 0 heterocycles. The van der Waals surface area contributed by atoms with E-state index in [-0.39, 0.29) is 0 Å². The summed E-state index contributed by atoms with van der Waals surface area (Å²) in [6.07, 6.45) is 17.8. The van der Waals surface area contributed by atoms with Gasteiger partial charge >= 0.3 is 0 Å². The molecule has 4 unspecified atom stereocenters. The van der Waals surface area contributed by atoms with Crippen molar-refractivity contribution in [2.75, 3.05) is 0 Å². The molecular weight excluding hydrogens is 384 g/mol. The number of allylic oxidation sites excluding steroid dienone is 1. The summed E-state index contributed by atoms with van der Waals surface area (Å²) in [7, 11) is 0. The summed E-state index contributed by atoms with van der Waals surface area (Å²) >= 11 is 0. The van der Waals surface area contributed by atoms with Gasteiger partial charge < -0.3 is 0 Å². The fraction of sp³-hybridized carbons (Fsp3) is 0.562. The summed E-state index contributed by atoms with van der Waals surface area (Å²) in [5, 5.41) is 0. The van der Waals surface area contributed by atoms with Crippen LogP contribution in [-0.2, 0) is 0 Å². The van der Waals surface area contributed by atoms with Crippen LogP contribution >= 0.6 is 0 Å². The Hall–Kier alpha value is -1.82. The lowest BCUT2D eigenvalue weighted by Crippen LogP contribution is -2.13. The summed E-state index contributed by atoms with van der Waals surface area (Å²) in [6, 6.07) is 22.9. The second kappa shape index (κ2) is 9.20. The lowest BCUT2D eigenvalue weighted by atomic mass is 9.77. The highest BCUT2D eigenvalue weighted by Gasteiger charge is 2.44. The Kier molecular flexibility index (Phi) is 5.97. The Labute approximate surface area is 195 Å². The van der Waals surface area contributed by atoms with Crippen molar-refractivity contribution >= 4 is 5.57 Å². The average molecular weight is 425 g/mol. The third-order valence-corrected chi connectivity index (χ3v) is 9.78. The van der Waals surface area contributed by atoms with Crippen molar-refractivity contribution in [3.05, 3.63) is 77.4 Å². The van der Waals surface area contributed by atoms with Crippen LogP contribution in [0.3, 0.4) is 0 Å². The molecule has 4 atom stereocenters. The molecule has 0 aromatic heterocycles. The quantitative estimate of drug-likeness (QED) is 0.459. The molecule has 2 aromatic carbocycles. The van der Waals surface area contributed by atoms with Gasteiger partial charge in [-0.25, -0.2) is 0 Å². The van der Waals surface area contributed by atoms with Crippen molar-refractivity contribution in [2.45, 2.75) is 77.0 Å². The molecule has 4 saturated carbocycles. The van der Waals surface area contributed by atoms with E-state index in [9.17, 15) is 0 Å². The van der Waals surface area contributed by atoms with Crippen LogP contribution in [0, 0.1) is 35.5 Å². The van der Waals surface area contributed by atoms with Crippen LogP contribution in [0.4, 0.5) is 0 Å². The van der Waals surface area contributed by atoms with Crippen LogP contribution < -0.4 is 0 Å². The van der Waals surface area contributed by atoms with Crippen molar-refractivity contribution in [2.24, 2.45) is 35.5 Å². The second-order valence-electron chi connectivity index (χ2n) is 11.5. The van der Waals surface area contributed by atoms with Gasteiger partial charge in [0.1, 0.15) is 0 Å². The lowest BCUT2D eigenvalue weighted by molar-refractivity contribution is 0.277. The summed E-state index contributed by atoms with van der Waals surface area (Å²) < 4.78 is 0. The van der Waals surface area contributed by atoms with Gasteiger partial charge in [-0.05, 0) is 77.9 Å². The summed E-state index contributed by atoms with van der Waals surface area (Å²) in [5.74, 6) is 5.62. The van der Waals surface area contributed by atoms with Crippen molar-refractivity contribution in [3.63, 3.8) is 0 Å². The molecule has 0 nitrogen and oxygen atoms in total. The highest BCUT2D eigenvalue weighted by Crippen LogP contribution is 2.56. The first kappa shape index (κ1) is 20.8. The molecule has 0 amide bonds. The van der Waals surface area contributed by atoms with E-state index >= 15 is 0 Å². The minimum absolute atomic E-state index is 0.809. The van der Waals surface area contributed by atoms with Gasteiger partial charge in [0.25, 0.3) is 0 Å². The van der Waals surface area contributed by atoms with E-state index in [1.807, 2.05) is 5.57 Å². The summed E-state index contributed by atoms with van der Waals surface area (Å²) in [4.78, 5) is 0. The Bertz CT molecular complexity index is 820. The molecule has 2 aromatic rings. The largest absolute Gasteiger partial charge is 0.0622 e. The second-order valence-corrected chi connectivity index (χ2v) is 11.5. The standard InChI is InChI=1S/C32H40/c1-3-11-23(12-4-1)31(24-13-5-2-6-14-24)32(29-19-25-15-7-8-16-26(25)20-29)30-21-27-17-9-10-18-28(27)22-30/h1-6,11-14,25-30H,7-10,15-22H2. The molecule has 0 saturated heterocycles. The van der Waals surface area contributed by atoms with Gasteiger partial charge in [0, 0.05) is 0 Å². The van der Waals surface area contributed by atoms with Crippen LogP contribution in [0.2, 0.25) is 0 Å². The van der Waals surface area contributed by atoms with Crippen LogP contribution in [0.15, 0.2) is 66.2 Å². The van der Waals surface area contributed by atoms with Gasteiger partial charge in [0.15, 0.2) is 0 Å². The Morgan fingerprint density at radius 2 is 0.812 bits per heavy atom. The van der Waals surface area contributed by atoms with Crippen LogP contribution in [0.5, 0.6) is 0 Å². The number of hydrogen-bond acceptors (Lipinski definition) is 0. The lowest BCUT2D eigenvalue weighted by Gasteiger charge is -2.27. The number of rotatable bonds is 4. The molecule has 4 fully saturated rings. The fourth-order valence-corrected chi connectivity index (χ4v) is 8.42. The SMILES string of the molecule is c1ccc(C(=C(C2CC3CCCCC3C2)C2CC3CCCCC3C2)c2ccccc2)cc1. The molecule has 0 radical (unpaired) electrons. The van der Waals surface area contributed by atoms with Crippen LogP contribution in [0.1, 0.15) is 88.2 Å². The third-order valence-electron chi connectivity index (χ3n) is 9.78. The maximum Gasteiger partial charge on any atom is -0.0114 e. The Morgan fingerprint density at radius 3 is 1.16 bits per heavy atom. The van der Waals surface area contributed by atoms with Crippen molar-refractivity contribution in [1.29, 1.82) is 0 Å². The molecule has 4 aliphatic carbocycles. The fourth-order valence-electron chi connectivity index (χ4n) is 8.42. The highest BCUT2D eigenvalue weighted by molar-refractivity contribution is 5.82. The van der Waals surface area contributed by atoms with Crippen molar-refractivity contribution in [3.8, 4) is 0 Å². The molecule has 0 aliphatic heterocycles. The van der Waals surface area contributed by atoms with Gasteiger partial charge in [-0.2, -0.15) is 0 Å². The van der Waals surface area contributed by atoms with E-state index in [2.05, 4.69) is 60.7 Å². The summed E-state index contributed by atoms with van der Waals surface area (Å²) in [5.41, 5.74) is 6.40. The predicted molar refractivity (Wildman–Crippen MR) is 135 cm³/mol. The zero-order valence-electron chi connectivity index (χ0n) is 19.7. The van der Waals surface area contributed by atoms with E-state index in [1.54, 1.807) is 5.57 Å². The number of fused-ring (bicyclic) bond motifs is 2. The minimum atomic E-state index is 0.809. The van der Waals surface area contributed by atoms with Gasteiger partial charge in [-0.3, -0.25) is 0 Å². The third kappa shape index (κ3) is 4.00. The Balaban J connectivity index is 1.47. The summed E-state index contributed by atoms with van der Waals surface area (Å²) in [6.45, 7) is 0. The molecule has 0 bridgehead atoms. The van der Waals surface area contributed by atoms with Gasteiger partial charge in [0.05, 0.1) is 0 Å². The maximum atomic E-state index is 2.38. The first-order chi connectivity index (χ1) is 15.9. The molecule has 0 heteroatoms. The maximum absolute atomic E-state index is 2.38. The molecule has 0 N–H and O–H groups in total. The molecule has 168 valence electrons. The molecular formula is C32H40. The van der Waals surface area contributed by atoms with Crippen molar-refractivity contribution in [1.82, 2.24) is 0 Å². The smallest absolute Gasteiger partial charge is 0.0114 e. The predicted octanol–water partition coefficient (Wildman–Crippen LogP) is 8.92. The van der Waals surface area contributed by atoms with Gasteiger partial charge in [0.2, 0.25) is 0 Å². The topological polar surface area (TPSA) is 0 Å². The van der Waals surface area contributed by atoms with Crippen LogP contribution in [0.25, 0.3) is 5.57 Å². The van der Waals surface area contributed by atoms with E-state index in [0.29, 0.717) is 0 Å².